The van der Waals surface area contributed by atoms with Crippen molar-refractivity contribution in [3.05, 3.63) is 63.9 Å². The number of nitrogens with zero attached hydrogens (tertiary/aromatic N) is 2. The third-order valence-electron chi connectivity index (χ3n) is 4.60. The highest BCUT2D eigenvalue weighted by atomic mass is 35.5. The van der Waals surface area contributed by atoms with Crippen LogP contribution < -0.4 is 0 Å². The number of carbonyl (C=O) groups excluding carboxylic acids is 1. The zero-order valence-electron chi connectivity index (χ0n) is 13.4. The molecule has 0 radical (unpaired) electrons. The molecule has 1 aliphatic rings. The van der Waals surface area contributed by atoms with Crippen LogP contribution in [0.15, 0.2) is 42.5 Å². The van der Waals surface area contributed by atoms with Crippen molar-refractivity contribution in [2.75, 3.05) is 13.1 Å². The summed E-state index contributed by atoms with van der Waals surface area (Å²) in [5.74, 6) is -0.355. The molecule has 1 fully saturated rings. The standard InChI is InChI=1S/C19H16ClFN2OS/c20-13-5-6-17-16(11-13)22-18(25-17)12-7-9-23(10-8-12)19(24)14-3-1-2-4-15(14)21/h1-6,11-12H,7-10H2. The smallest absolute Gasteiger partial charge is 0.256 e. The fourth-order valence-corrected chi connectivity index (χ4v) is 4.51. The molecule has 3 aromatic rings. The van der Waals surface area contributed by atoms with Crippen molar-refractivity contribution in [2.24, 2.45) is 0 Å². The van der Waals surface area contributed by atoms with Gasteiger partial charge in [0, 0.05) is 24.0 Å². The van der Waals surface area contributed by atoms with Gasteiger partial charge in [-0.2, -0.15) is 0 Å². The number of halogens is 2. The van der Waals surface area contributed by atoms with Crippen molar-refractivity contribution < 1.29 is 9.18 Å². The Bertz CT molecular complexity index is 934. The highest BCUT2D eigenvalue weighted by Gasteiger charge is 2.27. The van der Waals surface area contributed by atoms with E-state index >= 15 is 0 Å². The lowest BCUT2D eigenvalue weighted by Gasteiger charge is -2.31. The van der Waals surface area contributed by atoms with E-state index < -0.39 is 5.82 Å². The quantitative estimate of drug-likeness (QED) is 0.624. The van der Waals surface area contributed by atoms with Crippen LogP contribution in [0.2, 0.25) is 5.02 Å². The fourth-order valence-electron chi connectivity index (χ4n) is 3.23. The molecule has 1 aromatic heterocycles. The van der Waals surface area contributed by atoms with Gasteiger partial charge in [0.2, 0.25) is 0 Å². The van der Waals surface area contributed by atoms with Crippen LogP contribution in [0.3, 0.4) is 0 Å². The van der Waals surface area contributed by atoms with E-state index in [0.717, 1.165) is 28.1 Å². The maximum Gasteiger partial charge on any atom is 0.256 e. The molecule has 0 spiro atoms. The Balaban J connectivity index is 1.47. The van der Waals surface area contributed by atoms with Gasteiger partial charge in [0.1, 0.15) is 5.82 Å². The molecule has 1 aliphatic heterocycles. The number of hydrogen-bond donors (Lipinski definition) is 0. The Labute approximate surface area is 154 Å². The number of aromatic nitrogens is 1. The van der Waals surface area contributed by atoms with E-state index in [1.54, 1.807) is 34.4 Å². The summed E-state index contributed by atoms with van der Waals surface area (Å²) in [5, 5.41) is 1.78. The van der Waals surface area contributed by atoms with E-state index in [2.05, 4.69) is 0 Å². The molecule has 0 N–H and O–H groups in total. The molecule has 1 amide bonds. The van der Waals surface area contributed by atoms with E-state index in [0.29, 0.717) is 24.0 Å². The first kappa shape index (κ1) is 16.5. The van der Waals surface area contributed by atoms with Crippen LogP contribution in [0.25, 0.3) is 10.2 Å². The topological polar surface area (TPSA) is 33.2 Å². The third-order valence-corrected chi connectivity index (χ3v) is 6.04. The average molecular weight is 375 g/mol. The van der Waals surface area contributed by atoms with Crippen LogP contribution in [0.1, 0.15) is 34.1 Å². The summed E-state index contributed by atoms with van der Waals surface area (Å²) in [6.07, 6.45) is 1.68. The summed E-state index contributed by atoms with van der Waals surface area (Å²) in [5.41, 5.74) is 1.08. The van der Waals surface area contributed by atoms with Gasteiger partial charge in [-0.05, 0) is 43.2 Å². The van der Waals surface area contributed by atoms with Crippen LogP contribution in [-0.4, -0.2) is 28.9 Å². The predicted octanol–water partition coefficient (Wildman–Crippen LogP) is 5.11. The normalized spacial score (nSPS) is 15.7. The minimum Gasteiger partial charge on any atom is -0.339 e. The molecule has 3 nitrogen and oxygen atoms in total. The highest BCUT2D eigenvalue weighted by Crippen LogP contribution is 2.35. The van der Waals surface area contributed by atoms with Gasteiger partial charge in [-0.15, -0.1) is 11.3 Å². The first-order valence-electron chi connectivity index (χ1n) is 8.21. The molecule has 2 aromatic carbocycles. The number of carbonyl (C=O) groups is 1. The van der Waals surface area contributed by atoms with Crippen molar-refractivity contribution in [1.82, 2.24) is 9.88 Å². The molecule has 4 rings (SSSR count). The molecule has 0 bridgehead atoms. The summed E-state index contributed by atoms with van der Waals surface area (Å²) in [7, 11) is 0. The average Bonchev–Trinajstić information content (AvgIpc) is 3.05. The van der Waals surface area contributed by atoms with Gasteiger partial charge in [0.25, 0.3) is 5.91 Å². The monoisotopic (exact) mass is 374 g/mol. The van der Waals surface area contributed by atoms with Gasteiger partial charge in [-0.3, -0.25) is 4.79 Å². The Kier molecular flexibility index (Phi) is 4.44. The maximum absolute atomic E-state index is 13.8. The Morgan fingerprint density at radius 3 is 2.72 bits per heavy atom. The van der Waals surface area contributed by atoms with Gasteiger partial charge in [-0.1, -0.05) is 23.7 Å². The van der Waals surface area contributed by atoms with Crippen LogP contribution in [0.4, 0.5) is 4.39 Å². The van der Waals surface area contributed by atoms with Crippen molar-refractivity contribution in [1.29, 1.82) is 0 Å². The molecular weight excluding hydrogens is 359 g/mol. The molecule has 0 saturated carbocycles. The number of piperidine rings is 1. The minimum atomic E-state index is -0.460. The van der Waals surface area contributed by atoms with E-state index in [4.69, 9.17) is 16.6 Å². The Morgan fingerprint density at radius 2 is 1.96 bits per heavy atom. The number of hydrogen-bond acceptors (Lipinski definition) is 3. The molecule has 25 heavy (non-hydrogen) atoms. The van der Waals surface area contributed by atoms with Crippen molar-refractivity contribution in [2.45, 2.75) is 18.8 Å². The molecule has 1 saturated heterocycles. The molecule has 0 unspecified atom stereocenters. The highest BCUT2D eigenvalue weighted by molar-refractivity contribution is 7.18. The predicted molar refractivity (Wildman–Crippen MR) is 98.9 cm³/mol. The summed E-state index contributed by atoms with van der Waals surface area (Å²) in [4.78, 5) is 18.9. The van der Waals surface area contributed by atoms with Crippen LogP contribution in [0.5, 0.6) is 0 Å². The Hall–Kier alpha value is -1.98. The number of thiazole rings is 1. The van der Waals surface area contributed by atoms with Crippen LogP contribution in [0, 0.1) is 5.82 Å². The zero-order chi connectivity index (χ0) is 17.4. The van der Waals surface area contributed by atoms with E-state index in [-0.39, 0.29) is 11.5 Å². The van der Waals surface area contributed by atoms with Gasteiger partial charge >= 0.3 is 0 Å². The summed E-state index contributed by atoms with van der Waals surface area (Å²) in [6, 6.07) is 11.9. The van der Waals surface area contributed by atoms with Crippen LogP contribution >= 0.6 is 22.9 Å². The zero-order valence-corrected chi connectivity index (χ0v) is 15.0. The second kappa shape index (κ2) is 6.73. The van der Waals surface area contributed by atoms with Crippen molar-refractivity contribution >= 4 is 39.1 Å². The van der Waals surface area contributed by atoms with Gasteiger partial charge in [-0.25, -0.2) is 9.37 Å². The SMILES string of the molecule is O=C(c1ccccc1F)N1CCC(c2nc3cc(Cl)ccc3s2)CC1. The Morgan fingerprint density at radius 1 is 1.20 bits per heavy atom. The summed E-state index contributed by atoms with van der Waals surface area (Å²) in [6.45, 7) is 1.24. The number of amides is 1. The molecular formula is C19H16ClFN2OS. The fraction of sp³-hybridized carbons (Fsp3) is 0.263. The lowest BCUT2D eigenvalue weighted by atomic mass is 9.97. The summed E-state index contributed by atoms with van der Waals surface area (Å²) >= 11 is 7.72. The summed E-state index contributed by atoms with van der Waals surface area (Å²) < 4.78 is 14.9. The lowest BCUT2D eigenvalue weighted by molar-refractivity contribution is 0.0708. The largest absolute Gasteiger partial charge is 0.339 e. The first-order chi connectivity index (χ1) is 12.1. The molecule has 0 aliphatic carbocycles. The molecule has 2 heterocycles. The van der Waals surface area contributed by atoms with Crippen molar-refractivity contribution in [3.63, 3.8) is 0 Å². The number of fused-ring (bicyclic) bond motifs is 1. The molecule has 6 heteroatoms. The van der Waals surface area contributed by atoms with Gasteiger partial charge < -0.3 is 4.90 Å². The number of rotatable bonds is 2. The second-order valence-electron chi connectivity index (χ2n) is 6.21. The van der Waals surface area contributed by atoms with E-state index in [9.17, 15) is 9.18 Å². The van der Waals surface area contributed by atoms with E-state index in [1.165, 1.54) is 6.07 Å². The first-order valence-corrected chi connectivity index (χ1v) is 9.41. The minimum absolute atomic E-state index is 0.149. The van der Waals surface area contributed by atoms with Crippen LogP contribution in [-0.2, 0) is 0 Å². The van der Waals surface area contributed by atoms with E-state index in [1.807, 2.05) is 18.2 Å². The van der Waals surface area contributed by atoms with Crippen molar-refractivity contribution in [3.8, 4) is 0 Å². The third kappa shape index (κ3) is 3.26. The van der Waals surface area contributed by atoms with Gasteiger partial charge in [0.15, 0.2) is 0 Å². The molecule has 0 atom stereocenters. The van der Waals surface area contributed by atoms with Gasteiger partial charge in [0.05, 0.1) is 20.8 Å². The second-order valence-corrected chi connectivity index (χ2v) is 7.71. The molecule has 128 valence electrons. The maximum atomic E-state index is 13.8. The number of likely N-dealkylation sites (tertiary alicyclic amines) is 1. The number of benzene rings is 2. The lowest BCUT2D eigenvalue weighted by Crippen LogP contribution is -2.38.